The maximum Gasteiger partial charge on any atom is 0.339 e. The number of carboxylic acid groups (broad SMARTS) is 1. The van der Waals surface area contributed by atoms with E-state index in [-0.39, 0.29) is 22.1 Å². The predicted molar refractivity (Wildman–Crippen MR) is 88.8 cm³/mol. The van der Waals surface area contributed by atoms with Gasteiger partial charge in [0.2, 0.25) is 0 Å². The Kier molecular flexibility index (Phi) is 4.64. The van der Waals surface area contributed by atoms with E-state index in [0.717, 1.165) is 30.9 Å². The lowest BCUT2D eigenvalue weighted by atomic mass is 9.56. The van der Waals surface area contributed by atoms with Crippen LogP contribution in [0.4, 0.5) is 0 Å². The van der Waals surface area contributed by atoms with E-state index in [4.69, 9.17) is 4.74 Å². The molecule has 0 heterocycles. The van der Waals surface area contributed by atoms with E-state index >= 15 is 0 Å². The molecule has 1 aliphatic rings. The first-order chi connectivity index (χ1) is 10.7. The fourth-order valence-corrected chi connectivity index (χ4v) is 3.47. The Morgan fingerprint density at radius 3 is 2.43 bits per heavy atom. The third-order valence-corrected chi connectivity index (χ3v) is 5.45. The summed E-state index contributed by atoms with van der Waals surface area (Å²) >= 11 is 0. The number of hydrogen-bond acceptors (Lipinski definition) is 3. The second kappa shape index (κ2) is 6.19. The lowest BCUT2D eigenvalue weighted by molar-refractivity contribution is -0.128. The van der Waals surface area contributed by atoms with Crippen LogP contribution in [0.25, 0.3) is 0 Å². The molecule has 0 aliphatic heterocycles. The summed E-state index contributed by atoms with van der Waals surface area (Å²) in [5.74, 6) is -1.70. The molecule has 4 heteroatoms. The van der Waals surface area contributed by atoms with Gasteiger partial charge in [0.15, 0.2) is 0 Å². The number of esters is 1. The zero-order valence-corrected chi connectivity index (χ0v) is 14.0. The number of ether oxygens (including phenoxy) is 1. The van der Waals surface area contributed by atoms with Crippen LogP contribution < -0.4 is 4.74 Å². The molecule has 0 amide bonds. The number of carbonyl (C=O) groups is 2. The first kappa shape index (κ1) is 17.3. The molecule has 1 aromatic carbocycles. The fraction of sp³-hybridized carbons (Fsp3) is 0.474. The van der Waals surface area contributed by atoms with Crippen LogP contribution >= 0.6 is 0 Å². The minimum Gasteiger partial charge on any atom is -0.478 e. The van der Waals surface area contributed by atoms with Gasteiger partial charge in [-0.15, -0.1) is 0 Å². The van der Waals surface area contributed by atoms with Crippen molar-refractivity contribution in [3.8, 4) is 5.75 Å². The highest BCUT2D eigenvalue weighted by Gasteiger charge is 2.44. The molecule has 4 nitrogen and oxygen atoms in total. The van der Waals surface area contributed by atoms with Gasteiger partial charge >= 0.3 is 11.9 Å². The predicted octanol–water partition coefficient (Wildman–Crippen LogP) is 4.33. The molecule has 1 N–H and O–H groups in total. The van der Waals surface area contributed by atoms with Crippen molar-refractivity contribution in [2.45, 2.75) is 51.9 Å². The van der Waals surface area contributed by atoms with Crippen LogP contribution in [0.5, 0.6) is 5.75 Å². The van der Waals surface area contributed by atoms with E-state index in [0.29, 0.717) is 0 Å². The topological polar surface area (TPSA) is 63.6 Å². The number of rotatable bonds is 4. The molecule has 0 bridgehead atoms. The Bertz CT molecular complexity index is 645. The zero-order valence-electron chi connectivity index (χ0n) is 14.0. The Morgan fingerprint density at radius 2 is 1.87 bits per heavy atom. The Balaban J connectivity index is 2.49. The molecule has 1 aromatic rings. The van der Waals surface area contributed by atoms with Gasteiger partial charge in [0.05, 0.1) is 0 Å². The van der Waals surface area contributed by atoms with Crippen molar-refractivity contribution in [1.29, 1.82) is 0 Å². The smallest absolute Gasteiger partial charge is 0.339 e. The number of hydrogen-bond donors (Lipinski definition) is 1. The van der Waals surface area contributed by atoms with Crippen LogP contribution in [0.15, 0.2) is 30.9 Å². The van der Waals surface area contributed by atoms with Gasteiger partial charge in [-0.1, -0.05) is 46.3 Å². The summed E-state index contributed by atoms with van der Waals surface area (Å²) in [7, 11) is 0. The van der Waals surface area contributed by atoms with Crippen molar-refractivity contribution >= 4 is 11.9 Å². The molecule has 0 saturated heterocycles. The van der Waals surface area contributed by atoms with Crippen LogP contribution in [0.3, 0.4) is 0 Å². The van der Waals surface area contributed by atoms with E-state index in [1.54, 1.807) is 12.1 Å². The van der Waals surface area contributed by atoms with E-state index in [1.165, 1.54) is 6.42 Å². The fourth-order valence-electron chi connectivity index (χ4n) is 3.47. The molecular weight excluding hydrogens is 292 g/mol. The first-order valence-corrected chi connectivity index (χ1v) is 7.93. The third-order valence-electron chi connectivity index (χ3n) is 5.45. The molecule has 1 aliphatic carbocycles. The van der Waals surface area contributed by atoms with Crippen LogP contribution in [0, 0.1) is 5.41 Å². The molecule has 1 atom stereocenters. The highest BCUT2D eigenvalue weighted by molar-refractivity contribution is 5.93. The van der Waals surface area contributed by atoms with Gasteiger partial charge in [0.1, 0.15) is 11.3 Å². The summed E-state index contributed by atoms with van der Waals surface area (Å²) in [4.78, 5) is 23.0. The second-order valence-corrected chi connectivity index (χ2v) is 7.06. The quantitative estimate of drug-likeness (QED) is 0.510. The molecule has 0 spiro atoms. The van der Waals surface area contributed by atoms with Crippen molar-refractivity contribution in [3.05, 3.63) is 42.0 Å². The van der Waals surface area contributed by atoms with Crippen molar-refractivity contribution < 1.29 is 19.4 Å². The minimum absolute atomic E-state index is 0.0142. The normalized spacial score (nSPS) is 23.1. The Labute approximate surface area is 137 Å². The molecule has 2 rings (SSSR count). The summed E-state index contributed by atoms with van der Waals surface area (Å²) < 4.78 is 5.05. The lowest BCUT2D eigenvalue weighted by Crippen LogP contribution is -2.42. The highest BCUT2D eigenvalue weighted by Crippen LogP contribution is 2.52. The van der Waals surface area contributed by atoms with Crippen molar-refractivity contribution in [3.63, 3.8) is 0 Å². The first-order valence-electron chi connectivity index (χ1n) is 7.93. The van der Waals surface area contributed by atoms with Crippen LogP contribution in [-0.4, -0.2) is 17.0 Å². The van der Waals surface area contributed by atoms with E-state index in [1.807, 2.05) is 6.07 Å². The van der Waals surface area contributed by atoms with Gasteiger partial charge in [0, 0.05) is 6.08 Å². The van der Waals surface area contributed by atoms with Crippen LogP contribution in [0.2, 0.25) is 0 Å². The second-order valence-electron chi connectivity index (χ2n) is 7.06. The van der Waals surface area contributed by atoms with E-state index < -0.39 is 11.9 Å². The lowest BCUT2D eigenvalue weighted by Gasteiger charge is -2.49. The molecule has 1 fully saturated rings. The van der Waals surface area contributed by atoms with E-state index in [2.05, 4.69) is 27.4 Å². The van der Waals surface area contributed by atoms with E-state index in [9.17, 15) is 14.7 Å². The maximum absolute atomic E-state index is 11.6. The molecule has 23 heavy (non-hydrogen) atoms. The summed E-state index contributed by atoms with van der Waals surface area (Å²) in [6.07, 6.45) is 5.48. The summed E-state index contributed by atoms with van der Waals surface area (Å²) in [6, 6.07) is 5.11. The summed E-state index contributed by atoms with van der Waals surface area (Å²) in [5.41, 5.74) is 0.981. The number of carboxylic acids is 1. The van der Waals surface area contributed by atoms with Gasteiger partial charge in [0.25, 0.3) is 0 Å². The maximum atomic E-state index is 11.6. The number of carbonyl (C=O) groups excluding carboxylic acids is 1. The number of aromatic carboxylic acids is 1. The average Bonchev–Trinajstić information content (AvgIpc) is 2.50. The molecule has 0 radical (unpaired) electrons. The van der Waals surface area contributed by atoms with Gasteiger partial charge < -0.3 is 9.84 Å². The largest absolute Gasteiger partial charge is 0.478 e. The molecule has 0 aromatic heterocycles. The molecule has 1 saturated carbocycles. The van der Waals surface area contributed by atoms with Gasteiger partial charge in [-0.2, -0.15) is 0 Å². The Hall–Kier alpha value is -2.10. The minimum atomic E-state index is -1.10. The van der Waals surface area contributed by atoms with Crippen molar-refractivity contribution in [2.75, 3.05) is 0 Å². The molecule has 1 unspecified atom stereocenters. The van der Waals surface area contributed by atoms with Crippen molar-refractivity contribution in [2.24, 2.45) is 5.41 Å². The summed E-state index contributed by atoms with van der Waals surface area (Å²) in [5, 5.41) is 9.47. The average molecular weight is 316 g/mol. The Morgan fingerprint density at radius 1 is 1.22 bits per heavy atom. The highest BCUT2D eigenvalue weighted by atomic mass is 16.5. The monoisotopic (exact) mass is 316 g/mol. The standard InChI is InChI=1S/C19H24O4/c1-5-16(20)23-15-9-8-13(12-14(15)17(21)22)19(4)11-7-6-10-18(19,2)3/h5,8-9,12H,1,6-7,10-11H2,2-4H3,(H,21,22). The number of benzene rings is 1. The van der Waals surface area contributed by atoms with Crippen LogP contribution in [0.1, 0.15) is 62.4 Å². The SMILES string of the molecule is C=CC(=O)Oc1ccc(C2(C)CCCCC2(C)C)cc1C(=O)O. The van der Waals surface area contributed by atoms with Gasteiger partial charge in [-0.05, 0) is 41.4 Å². The van der Waals surface area contributed by atoms with Crippen LogP contribution in [-0.2, 0) is 10.2 Å². The molecular formula is C19H24O4. The molecule has 124 valence electrons. The van der Waals surface area contributed by atoms with Gasteiger partial charge in [-0.25, -0.2) is 9.59 Å². The van der Waals surface area contributed by atoms with Crippen molar-refractivity contribution in [1.82, 2.24) is 0 Å². The zero-order chi connectivity index (χ0) is 17.3. The third kappa shape index (κ3) is 3.16. The van der Waals surface area contributed by atoms with Gasteiger partial charge in [-0.3, -0.25) is 0 Å². The summed E-state index contributed by atoms with van der Waals surface area (Å²) in [6.45, 7) is 10.00.